The highest BCUT2D eigenvalue weighted by Gasteiger charge is 2.36. The van der Waals surface area contributed by atoms with E-state index in [1.807, 2.05) is 40.0 Å². The van der Waals surface area contributed by atoms with E-state index in [1.165, 1.54) is 0 Å². The van der Waals surface area contributed by atoms with Gasteiger partial charge in [-0.2, -0.15) is 0 Å². The third-order valence-corrected chi connectivity index (χ3v) is 6.66. The molecule has 0 saturated carbocycles. The number of aromatic nitrogens is 4. The van der Waals surface area contributed by atoms with E-state index in [0.717, 1.165) is 20.9 Å². The van der Waals surface area contributed by atoms with Crippen molar-refractivity contribution in [2.45, 2.75) is 32.4 Å². The topological polar surface area (TPSA) is 176 Å². The second-order valence-electron chi connectivity index (χ2n) is 9.86. The summed E-state index contributed by atoms with van der Waals surface area (Å²) in [7, 11) is 1.95. The number of likely N-dealkylation sites (tertiary alicyclic amines) is 1. The molecule has 1 aliphatic rings. The van der Waals surface area contributed by atoms with Crippen LogP contribution >= 0.6 is 15.9 Å². The number of fused-ring (bicyclic) bond motifs is 2. The number of primary amides is 2. The van der Waals surface area contributed by atoms with E-state index < -0.39 is 17.4 Å². The number of halogens is 1. The van der Waals surface area contributed by atoms with Crippen LogP contribution in [0.3, 0.4) is 0 Å². The number of rotatable bonds is 4. The minimum Gasteiger partial charge on any atom is -0.444 e. The number of pyridine rings is 2. The quantitative estimate of drug-likeness (QED) is 0.284. The van der Waals surface area contributed by atoms with Crippen molar-refractivity contribution in [2.24, 2.45) is 11.5 Å². The lowest BCUT2D eigenvalue weighted by molar-refractivity contribution is 0.00851. The fourth-order valence-electron chi connectivity index (χ4n) is 4.09. The van der Waals surface area contributed by atoms with Gasteiger partial charge in [0.15, 0.2) is 11.4 Å². The number of hydrogen-bond donors (Lipinski definition) is 4. The average Bonchev–Trinajstić information content (AvgIpc) is 3.47. The van der Waals surface area contributed by atoms with Crippen LogP contribution in [0.1, 0.15) is 41.7 Å². The summed E-state index contributed by atoms with van der Waals surface area (Å²) in [6.45, 7) is 6.71. The zero-order valence-corrected chi connectivity index (χ0v) is 23.0. The molecule has 5 heterocycles. The van der Waals surface area contributed by atoms with Crippen LogP contribution in [0.4, 0.5) is 10.5 Å². The van der Waals surface area contributed by atoms with Gasteiger partial charge in [0.05, 0.1) is 29.0 Å². The molecule has 1 saturated heterocycles. The Balaban J connectivity index is 0.000000216. The van der Waals surface area contributed by atoms with E-state index in [4.69, 9.17) is 16.2 Å². The highest BCUT2D eigenvalue weighted by Crippen LogP contribution is 2.30. The Hall–Kier alpha value is -4.13. The molecule has 0 bridgehead atoms. The molecule has 3 amide bonds. The first kappa shape index (κ1) is 26.9. The number of nitrogens with two attached hydrogens (primary N) is 2. The molecule has 0 spiro atoms. The minimum atomic E-state index is -0.568. The van der Waals surface area contributed by atoms with Crippen LogP contribution in [0.2, 0.25) is 0 Å². The molecule has 1 aliphatic heterocycles. The first-order valence-corrected chi connectivity index (χ1v) is 12.5. The predicted octanol–water partition coefficient (Wildman–Crippen LogP) is 3.14. The van der Waals surface area contributed by atoms with Gasteiger partial charge < -0.3 is 36.0 Å². The summed E-state index contributed by atoms with van der Waals surface area (Å²) in [5.74, 6) is -1.10. The number of anilines is 1. The Kier molecular flexibility index (Phi) is 7.31. The number of nitrogens with zero attached hydrogens (tertiary/aromatic N) is 4. The number of aromatic amines is 2. The Morgan fingerprint density at radius 3 is 2.08 bits per heavy atom. The Morgan fingerprint density at radius 2 is 1.53 bits per heavy atom. The third kappa shape index (κ3) is 5.42. The second kappa shape index (κ2) is 10.3. The van der Waals surface area contributed by atoms with E-state index in [0.29, 0.717) is 24.1 Å². The molecule has 200 valence electrons. The maximum absolute atomic E-state index is 12.1. The van der Waals surface area contributed by atoms with Crippen molar-refractivity contribution in [3.63, 3.8) is 0 Å². The van der Waals surface area contributed by atoms with Crippen LogP contribution in [0.5, 0.6) is 0 Å². The Morgan fingerprint density at radius 1 is 1.00 bits per heavy atom. The highest BCUT2D eigenvalue weighted by atomic mass is 79.9. The molecule has 0 unspecified atom stereocenters. The predicted molar refractivity (Wildman–Crippen MR) is 147 cm³/mol. The molecule has 12 nitrogen and oxygen atoms in total. The van der Waals surface area contributed by atoms with Gasteiger partial charge in [0, 0.05) is 54.0 Å². The van der Waals surface area contributed by atoms with E-state index in [2.05, 4.69) is 40.8 Å². The van der Waals surface area contributed by atoms with Gasteiger partial charge in [-0.1, -0.05) is 0 Å². The lowest BCUT2D eigenvalue weighted by Crippen LogP contribution is -2.61. The standard InChI is InChI=1S/C17H23N5O3.C8H6BrN3O/c1-17(2,3)25-16(24)22-8-10(9-22)21(4)12-7-20-14(15(18)23)13-11(12)5-6-19-13;9-5-3-12-7(8(10)13)6-4(5)1-2-11-6/h5-7,10,19H,8-9H2,1-4H3,(H2,18,23);1-3,11H,(H2,10,13). The highest BCUT2D eigenvalue weighted by molar-refractivity contribution is 9.10. The summed E-state index contributed by atoms with van der Waals surface area (Å²) in [5, 5.41) is 1.78. The van der Waals surface area contributed by atoms with E-state index in [-0.39, 0.29) is 23.5 Å². The molecule has 0 aromatic carbocycles. The maximum Gasteiger partial charge on any atom is 0.410 e. The molecular formula is C25H29BrN8O4. The fraction of sp³-hybridized carbons (Fsp3) is 0.320. The first-order chi connectivity index (χ1) is 17.9. The Labute approximate surface area is 226 Å². The lowest BCUT2D eigenvalue weighted by Gasteiger charge is -2.44. The molecule has 5 rings (SSSR count). The number of likely N-dealkylation sites (N-methyl/N-ethyl adjacent to an activating group) is 1. The number of H-pyrrole nitrogens is 2. The Bertz CT molecular complexity index is 1520. The summed E-state index contributed by atoms with van der Waals surface area (Å²) in [6, 6.07) is 3.90. The van der Waals surface area contributed by atoms with Crippen LogP contribution in [0.25, 0.3) is 21.8 Å². The van der Waals surface area contributed by atoms with E-state index in [9.17, 15) is 14.4 Å². The van der Waals surface area contributed by atoms with Gasteiger partial charge in [-0.15, -0.1) is 0 Å². The molecule has 6 N–H and O–H groups in total. The van der Waals surface area contributed by atoms with Crippen molar-refractivity contribution in [3.8, 4) is 0 Å². The van der Waals surface area contributed by atoms with Crippen LogP contribution in [0.15, 0.2) is 41.4 Å². The van der Waals surface area contributed by atoms with E-state index in [1.54, 1.807) is 29.7 Å². The van der Waals surface area contributed by atoms with Crippen molar-refractivity contribution < 1.29 is 19.1 Å². The van der Waals surface area contributed by atoms with Gasteiger partial charge in [0.2, 0.25) is 0 Å². The number of nitrogens with one attached hydrogen (secondary N) is 2. The molecule has 13 heteroatoms. The van der Waals surface area contributed by atoms with Crippen molar-refractivity contribution >= 4 is 61.3 Å². The monoisotopic (exact) mass is 584 g/mol. The van der Waals surface area contributed by atoms with Crippen molar-refractivity contribution in [2.75, 3.05) is 25.0 Å². The second-order valence-corrected chi connectivity index (χ2v) is 10.7. The van der Waals surface area contributed by atoms with Gasteiger partial charge in [-0.25, -0.2) is 14.8 Å². The van der Waals surface area contributed by atoms with Crippen LogP contribution in [-0.4, -0.2) is 74.5 Å². The van der Waals surface area contributed by atoms with Crippen LogP contribution in [0, 0.1) is 0 Å². The summed E-state index contributed by atoms with van der Waals surface area (Å²) < 4.78 is 6.22. The van der Waals surface area contributed by atoms with Gasteiger partial charge in [-0.05, 0) is 48.8 Å². The molecule has 0 atom stereocenters. The molecule has 0 aliphatic carbocycles. The molecule has 0 radical (unpaired) electrons. The fourth-order valence-corrected chi connectivity index (χ4v) is 4.52. The van der Waals surface area contributed by atoms with Crippen LogP contribution < -0.4 is 16.4 Å². The molecule has 38 heavy (non-hydrogen) atoms. The zero-order chi connectivity index (χ0) is 27.8. The van der Waals surface area contributed by atoms with Gasteiger partial charge in [0.25, 0.3) is 11.8 Å². The number of carbonyl (C=O) groups excluding carboxylic acids is 3. The van der Waals surface area contributed by atoms with Crippen molar-refractivity contribution in [1.29, 1.82) is 0 Å². The first-order valence-electron chi connectivity index (χ1n) is 11.8. The average molecular weight is 585 g/mol. The lowest BCUT2D eigenvalue weighted by atomic mass is 10.1. The maximum atomic E-state index is 12.1. The molecule has 4 aromatic rings. The molecular weight excluding hydrogens is 556 g/mol. The van der Waals surface area contributed by atoms with E-state index >= 15 is 0 Å². The van der Waals surface area contributed by atoms with Gasteiger partial charge in [-0.3, -0.25) is 9.59 Å². The normalized spacial score (nSPS) is 13.6. The minimum absolute atomic E-state index is 0.159. The summed E-state index contributed by atoms with van der Waals surface area (Å²) in [4.78, 5) is 52.3. The SMILES string of the molecule is CN(c1cnc(C(N)=O)c2[nH]ccc12)C1CN(C(=O)OC(C)(C)C)C1.NC(=O)c1ncc(Br)c2cc[nH]c12. The largest absolute Gasteiger partial charge is 0.444 e. The van der Waals surface area contributed by atoms with Gasteiger partial charge in [0.1, 0.15) is 5.60 Å². The summed E-state index contributed by atoms with van der Waals surface area (Å²) in [6.07, 6.45) is 6.40. The van der Waals surface area contributed by atoms with Crippen molar-refractivity contribution in [3.05, 3.63) is 52.8 Å². The molecule has 4 aromatic heterocycles. The number of carbonyl (C=O) groups is 3. The summed E-state index contributed by atoms with van der Waals surface area (Å²) in [5.41, 5.74) is 12.7. The van der Waals surface area contributed by atoms with Gasteiger partial charge >= 0.3 is 6.09 Å². The number of hydrogen-bond acceptors (Lipinski definition) is 7. The number of ether oxygens (including phenoxy) is 1. The van der Waals surface area contributed by atoms with Crippen molar-refractivity contribution in [1.82, 2.24) is 24.8 Å². The number of amides is 3. The smallest absolute Gasteiger partial charge is 0.410 e. The zero-order valence-electron chi connectivity index (χ0n) is 21.4. The molecule has 1 fully saturated rings. The van der Waals surface area contributed by atoms with Crippen LogP contribution in [-0.2, 0) is 4.74 Å². The third-order valence-electron chi connectivity index (χ3n) is 6.03. The summed E-state index contributed by atoms with van der Waals surface area (Å²) >= 11 is 3.32.